The van der Waals surface area contributed by atoms with Crippen molar-refractivity contribution in [2.24, 2.45) is 0 Å². The van der Waals surface area contributed by atoms with Gasteiger partial charge in [-0.25, -0.2) is 22.2 Å². The van der Waals surface area contributed by atoms with Crippen LogP contribution in [0.15, 0.2) is 48.7 Å². The first kappa shape index (κ1) is 24.6. The molecule has 35 heavy (non-hydrogen) atoms. The van der Waals surface area contributed by atoms with Crippen molar-refractivity contribution in [2.75, 3.05) is 41.3 Å². The van der Waals surface area contributed by atoms with Gasteiger partial charge in [0.05, 0.1) is 22.9 Å². The number of benzene rings is 2. The van der Waals surface area contributed by atoms with Crippen LogP contribution >= 0.6 is 0 Å². The highest BCUT2D eigenvalue weighted by molar-refractivity contribution is 7.92. The van der Waals surface area contributed by atoms with Crippen molar-refractivity contribution in [3.63, 3.8) is 0 Å². The van der Waals surface area contributed by atoms with E-state index in [1.807, 2.05) is 43.3 Å². The van der Waals surface area contributed by atoms with E-state index in [1.165, 1.54) is 0 Å². The second kappa shape index (κ2) is 9.61. The summed E-state index contributed by atoms with van der Waals surface area (Å²) in [5.74, 6) is -3.71. The molecule has 0 bridgehead atoms. The number of nitrogens with zero attached hydrogens (tertiary/aromatic N) is 2. The first-order valence-electron chi connectivity index (χ1n) is 11.2. The molecule has 0 radical (unpaired) electrons. The van der Waals surface area contributed by atoms with Crippen molar-refractivity contribution in [1.82, 2.24) is 4.98 Å². The maximum Gasteiger partial charge on any atom is 0.232 e. The number of fused-ring (bicyclic) bond motifs is 1. The highest BCUT2D eigenvalue weighted by Gasteiger charge is 2.34. The van der Waals surface area contributed by atoms with E-state index in [-0.39, 0.29) is 12.3 Å². The van der Waals surface area contributed by atoms with E-state index in [0.29, 0.717) is 17.8 Å². The van der Waals surface area contributed by atoms with E-state index in [1.54, 1.807) is 19.2 Å². The van der Waals surface area contributed by atoms with E-state index in [0.717, 1.165) is 28.9 Å². The molecule has 2 heterocycles. The first-order chi connectivity index (χ1) is 16.6. The molecule has 10 heteroatoms. The van der Waals surface area contributed by atoms with Crippen LogP contribution in [0.3, 0.4) is 0 Å². The summed E-state index contributed by atoms with van der Waals surface area (Å²) in [5, 5.41) is 3.02. The van der Waals surface area contributed by atoms with Crippen molar-refractivity contribution >= 4 is 33.0 Å². The number of halogens is 2. The van der Waals surface area contributed by atoms with Crippen molar-refractivity contribution in [3.05, 3.63) is 71.4 Å². The molecule has 0 spiro atoms. The van der Waals surface area contributed by atoms with Gasteiger partial charge in [0.15, 0.2) is 11.6 Å². The normalized spacial score (nSPS) is 14.8. The lowest BCUT2D eigenvalue weighted by molar-refractivity contribution is 0.0958. The summed E-state index contributed by atoms with van der Waals surface area (Å²) in [6, 6.07) is 11.4. The summed E-state index contributed by atoms with van der Waals surface area (Å²) in [6.45, 7) is 1.79. The first-order valence-corrected chi connectivity index (χ1v) is 12.8. The Balaban J connectivity index is 1.68. The number of anilines is 3. The largest absolute Gasteiger partial charge is 0.378 e. The van der Waals surface area contributed by atoms with Gasteiger partial charge >= 0.3 is 0 Å². The quantitative estimate of drug-likeness (QED) is 0.438. The minimum atomic E-state index is -3.82. The molecule has 7 nitrogen and oxygen atoms in total. The third-order valence-electron chi connectivity index (χ3n) is 5.88. The average molecular weight is 501 g/mol. The van der Waals surface area contributed by atoms with Gasteiger partial charge < -0.3 is 10.2 Å². The second-order valence-corrected chi connectivity index (χ2v) is 10.4. The Morgan fingerprint density at radius 1 is 1.14 bits per heavy atom. The van der Waals surface area contributed by atoms with Gasteiger partial charge in [0, 0.05) is 43.7 Å². The smallest absolute Gasteiger partial charge is 0.232 e. The van der Waals surface area contributed by atoms with Gasteiger partial charge in [0.2, 0.25) is 10.0 Å². The fraction of sp³-hybridized carbons (Fsp3) is 0.280. The Kier molecular flexibility index (Phi) is 6.75. The Hall–Kier alpha value is -3.53. The number of aromatic nitrogens is 1. The maximum atomic E-state index is 15.2. The number of Topliss-reactive ketones (excluding diaryl/α,β-unsaturated/α-hetero) is 1. The predicted octanol–water partition coefficient (Wildman–Crippen LogP) is 4.64. The summed E-state index contributed by atoms with van der Waals surface area (Å²) in [6.07, 6.45) is 2.00. The molecule has 184 valence electrons. The van der Waals surface area contributed by atoms with E-state index >= 15 is 4.39 Å². The minimum absolute atomic E-state index is 0.120. The predicted molar refractivity (Wildman–Crippen MR) is 134 cm³/mol. The second-order valence-electron chi connectivity index (χ2n) is 8.61. The minimum Gasteiger partial charge on any atom is -0.378 e. The molecule has 0 saturated heterocycles. The summed E-state index contributed by atoms with van der Waals surface area (Å²) >= 11 is 0. The van der Waals surface area contributed by atoms with Crippen LogP contribution in [0.4, 0.5) is 26.0 Å². The highest BCUT2D eigenvalue weighted by Crippen LogP contribution is 2.37. The molecule has 0 aliphatic carbocycles. The Morgan fingerprint density at radius 2 is 1.86 bits per heavy atom. The molecule has 1 aromatic heterocycles. The summed E-state index contributed by atoms with van der Waals surface area (Å²) < 4.78 is 56.2. The zero-order valence-electron chi connectivity index (χ0n) is 19.6. The number of nitrogens with one attached hydrogen (secondary N) is 2. The van der Waals surface area contributed by atoms with Crippen molar-refractivity contribution < 1.29 is 22.0 Å². The van der Waals surface area contributed by atoms with Crippen LogP contribution in [0.5, 0.6) is 0 Å². The van der Waals surface area contributed by atoms with Gasteiger partial charge in [-0.1, -0.05) is 19.1 Å². The molecule has 1 aliphatic rings. The fourth-order valence-corrected chi connectivity index (χ4v) is 5.20. The van der Waals surface area contributed by atoms with E-state index in [9.17, 15) is 17.6 Å². The van der Waals surface area contributed by atoms with Crippen LogP contribution in [-0.4, -0.2) is 45.6 Å². The van der Waals surface area contributed by atoms with Crippen LogP contribution in [0.2, 0.25) is 0 Å². The van der Waals surface area contributed by atoms with Crippen LogP contribution in [0, 0.1) is 11.6 Å². The number of carbonyl (C=O) groups is 1. The average Bonchev–Trinajstić information content (AvgIpc) is 3.24. The number of rotatable bonds is 8. The lowest BCUT2D eigenvalue weighted by atomic mass is 9.91. The molecule has 2 N–H and O–H groups in total. The molecule has 0 saturated carbocycles. The summed E-state index contributed by atoms with van der Waals surface area (Å²) in [4.78, 5) is 19.7. The highest BCUT2D eigenvalue weighted by atomic mass is 32.2. The van der Waals surface area contributed by atoms with Crippen LogP contribution in [0.25, 0.3) is 11.1 Å². The van der Waals surface area contributed by atoms with Crippen LogP contribution in [-0.2, 0) is 10.0 Å². The molecule has 1 aliphatic heterocycles. The van der Waals surface area contributed by atoms with Gasteiger partial charge in [-0.2, -0.15) is 0 Å². The third kappa shape index (κ3) is 4.97. The fourth-order valence-electron chi connectivity index (χ4n) is 4.07. The Labute approximate surface area is 203 Å². The summed E-state index contributed by atoms with van der Waals surface area (Å²) in [7, 11) is 0.0565. The molecule has 4 rings (SSSR count). The number of ketones is 1. The van der Waals surface area contributed by atoms with E-state index in [4.69, 9.17) is 0 Å². The Bertz CT molecular complexity index is 1380. The number of sulfonamides is 1. The third-order valence-corrected chi connectivity index (χ3v) is 7.35. The van der Waals surface area contributed by atoms with Crippen molar-refractivity contribution in [1.29, 1.82) is 0 Å². The molecule has 0 amide bonds. The number of pyridine rings is 1. The zero-order chi connectivity index (χ0) is 25.3. The zero-order valence-corrected chi connectivity index (χ0v) is 20.4. The van der Waals surface area contributed by atoms with Gasteiger partial charge in [-0.3, -0.25) is 9.52 Å². The SMILES string of the molecule is CCCS(=O)(=O)Nc1ccc(F)c(C(=O)C2CNc3ncc(-c4ccc(N(C)C)cc4)cc32)c1F. The van der Waals surface area contributed by atoms with Crippen molar-refractivity contribution in [2.45, 2.75) is 19.3 Å². The monoisotopic (exact) mass is 500 g/mol. The number of hydrogen-bond donors (Lipinski definition) is 2. The lowest BCUT2D eigenvalue weighted by Crippen LogP contribution is -2.21. The number of carbonyl (C=O) groups excluding carboxylic acids is 1. The molecule has 3 aromatic rings. The molecule has 2 aromatic carbocycles. The molecule has 1 atom stereocenters. The van der Waals surface area contributed by atoms with Gasteiger partial charge in [-0.15, -0.1) is 0 Å². The Morgan fingerprint density at radius 3 is 2.51 bits per heavy atom. The van der Waals surface area contributed by atoms with Gasteiger partial charge in [-0.05, 0) is 42.3 Å². The van der Waals surface area contributed by atoms with Crippen LogP contribution < -0.4 is 14.9 Å². The van der Waals surface area contributed by atoms with Crippen LogP contribution in [0.1, 0.15) is 35.2 Å². The standard InChI is InChI=1S/C25H26F2N4O3S/c1-4-11-35(33,34)30-21-10-9-20(26)22(23(21)27)24(32)19-14-29-25-18(19)12-16(13-28-25)15-5-7-17(8-6-15)31(2)3/h5-10,12-13,19,30H,4,11,14H2,1-3H3,(H,28,29). The molecular weight excluding hydrogens is 474 g/mol. The van der Waals surface area contributed by atoms with E-state index < -0.39 is 44.6 Å². The molecule has 0 fully saturated rings. The molecule has 1 unspecified atom stereocenters. The van der Waals surface area contributed by atoms with Gasteiger partial charge in [0.1, 0.15) is 11.6 Å². The number of hydrogen-bond acceptors (Lipinski definition) is 6. The maximum absolute atomic E-state index is 15.2. The molecular formula is C25H26F2N4O3S. The summed E-state index contributed by atoms with van der Waals surface area (Å²) in [5.41, 5.74) is 1.97. The topological polar surface area (TPSA) is 91.4 Å². The lowest BCUT2D eigenvalue weighted by Gasteiger charge is -2.15. The van der Waals surface area contributed by atoms with E-state index in [2.05, 4.69) is 15.0 Å². The van der Waals surface area contributed by atoms with Gasteiger partial charge in [0.25, 0.3) is 0 Å². The van der Waals surface area contributed by atoms with Crippen molar-refractivity contribution in [3.8, 4) is 11.1 Å².